The van der Waals surface area contributed by atoms with Gasteiger partial charge in [-0.15, -0.1) is 0 Å². The van der Waals surface area contributed by atoms with E-state index in [0.717, 1.165) is 0 Å². The minimum Gasteiger partial charge on any atom is -0.444 e. The second kappa shape index (κ2) is 6.50. The van der Waals surface area contributed by atoms with Crippen LogP contribution in [0.15, 0.2) is 0 Å². The number of carbonyl (C=O) groups excluding carboxylic acids is 1. The fourth-order valence-electron chi connectivity index (χ4n) is 2.17. The predicted molar refractivity (Wildman–Crippen MR) is 81.3 cm³/mol. The highest BCUT2D eigenvalue weighted by Gasteiger charge is 2.39. The van der Waals surface area contributed by atoms with Crippen molar-refractivity contribution in [2.45, 2.75) is 70.9 Å². The van der Waals surface area contributed by atoms with Crippen LogP contribution in [0.1, 0.15) is 41.5 Å². The van der Waals surface area contributed by atoms with Gasteiger partial charge in [-0.1, -0.05) is 0 Å². The summed E-state index contributed by atoms with van der Waals surface area (Å²) in [6.07, 6.45) is -0.438. The number of ether oxygens (including phenoxy) is 2. The van der Waals surface area contributed by atoms with E-state index in [0.29, 0.717) is 13.1 Å². The molecule has 124 valence electrons. The van der Waals surface area contributed by atoms with Gasteiger partial charge in [0, 0.05) is 19.7 Å². The highest BCUT2D eigenvalue weighted by atomic mass is 16.6. The molecule has 6 heteroatoms. The van der Waals surface area contributed by atoms with Gasteiger partial charge in [0.25, 0.3) is 0 Å². The van der Waals surface area contributed by atoms with Crippen LogP contribution >= 0.6 is 0 Å². The lowest BCUT2D eigenvalue weighted by atomic mass is 9.99. The molecule has 1 aliphatic rings. The van der Waals surface area contributed by atoms with E-state index < -0.39 is 11.2 Å². The maximum atomic E-state index is 12.1. The summed E-state index contributed by atoms with van der Waals surface area (Å²) in [5.41, 5.74) is -1.34. The van der Waals surface area contributed by atoms with Crippen molar-refractivity contribution in [2.24, 2.45) is 0 Å². The summed E-state index contributed by atoms with van der Waals surface area (Å²) in [5.74, 6) is 0. The van der Waals surface area contributed by atoms with Crippen LogP contribution in [0, 0.1) is 0 Å². The summed E-state index contributed by atoms with van der Waals surface area (Å²) in [4.78, 5) is 13.8. The van der Waals surface area contributed by atoms with Crippen LogP contribution in [-0.2, 0) is 9.47 Å². The van der Waals surface area contributed by atoms with Gasteiger partial charge in [-0.3, -0.25) is 0 Å². The van der Waals surface area contributed by atoms with Crippen LogP contribution < -0.4 is 5.32 Å². The first-order valence-electron chi connectivity index (χ1n) is 7.43. The summed E-state index contributed by atoms with van der Waals surface area (Å²) >= 11 is 0. The van der Waals surface area contributed by atoms with Crippen LogP contribution in [0.3, 0.4) is 0 Å². The average Bonchev–Trinajstić information content (AvgIpc) is 2.68. The van der Waals surface area contributed by atoms with Crippen molar-refractivity contribution < 1.29 is 19.4 Å². The molecule has 0 aromatic carbocycles. The lowest BCUT2D eigenvalue weighted by molar-refractivity contribution is 0.0235. The summed E-state index contributed by atoms with van der Waals surface area (Å²) in [7, 11) is 1.63. The Labute approximate surface area is 127 Å². The van der Waals surface area contributed by atoms with Gasteiger partial charge >= 0.3 is 6.09 Å². The number of carbonyl (C=O) groups is 1. The molecular formula is C15H30N2O4. The molecule has 21 heavy (non-hydrogen) atoms. The average molecular weight is 302 g/mol. The molecule has 0 saturated carbocycles. The monoisotopic (exact) mass is 302 g/mol. The Kier molecular flexibility index (Phi) is 5.63. The van der Waals surface area contributed by atoms with E-state index in [9.17, 15) is 9.90 Å². The second-order valence-electron chi connectivity index (χ2n) is 7.31. The van der Waals surface area contributed by atoms with Crippen LogP contribution in [0.2, 0.25) is 0 Å². The number of likely N-dealkylation sites (tertiary alicyclic amines) is 1. The summed E-state index contributed by atoms with van der Waals surface area (Å²) in [6, 6.07) is -0.136. The highest BCUT2D eigenvalue weighted by Crippen LogP contribution is 2.19. The number of hydrogen-bond donors (Lipinski definition) is 2. The van der Waals surface area contributed by atoms with Crippen molar-refractivity contribution in [1.29, 1.82) is 0 Å². The SMILES string of the molecule is CO[C@H]1CN(C(=O)OC(C)(C)C)CC1NC(C)C(C)(C)O. The molecule has 0 aliphatic carbocycles. The number of nitrogens with zero attached hydrogens (tertiary/aromatic N) is 1. The predicted octanol–water partition coefficient (Wildman–Crippen LogP) is 1.37. The third-order valence-corrected chi connectivity index (χ3v) is 3.74. The van der Waals surface area contributed by atoms with Crippen molar-refractivity contribution >= 4 is 6.09 Å². The summed E-state index contributed by atoms with van der Waals surface area (Å²) < 4.78 is 10.8. The Balaban J connectivity index is 2.66. The van der Waals surface area contributed by atoms with E-state index in [4.69, 9.17) is 9.47 Å². The summed E-state index contributed by atoms with van der Waals surface area (Å²) in [6.45, 7) is 12.0. The molecule has 2 N–H and O–H groups in total. The van der Waals surface area contributed by atoms with Crippen LogP contribution in [0.5, 0.6) is 0 Å². The quantitative estimate of drug-likeness (QED) is 0.821. The number of methoxy groups -OCH3 is 1. The maximum Gasteiger partial charge on any atom is 0.410 e. The molecule has 0 radical (unpaired) electrons. The largest absolute Gasteiger partial charge is 0.444 e. The zero-order valence-electron chi connectivity index (χ0n) is 14.3. The highest BCUT2D eigenvalue weighted by molar-refractivity contribution is 5.68. The lowest BCUT2D eigenvalue weighted by Gasteiger charge is -2.31. The van der Waals surface area contributed by atoms with Crippen molar-refractivity contribution in [3.63, 3.8) is 0 Å². The first-order valence-corrected chi connectivity index (χ1v) is 7.43. The van der Waals surface area contributed by atoms with Gasteiger partial charge in [-0.2, -0.15) is 0 Å². The molecule has 0 bridgehead atoms. The molecule has 1 fully saturated rings. The van der Waals surface area contributed by atoms with Gasteiger partial charge in [0.15, 0.2) is 0 Å². The molecule has 1 rings (SSSR count). The molecule has 3 atom stereocenters. The van der Waals surface area contributed by atoms with E-state index in [2.05, 4.69) is 5.32 Å². The number of amides is 1. The number of rotatable bonds is 4. The van der Waals surface area contributed by atoms with E-state index >= 15 is 0 Å². The van der Waals surface area contributed by atoms with E-state index in [1.165, 1.54) is 0 Å². The molecule has 0 aromatic heterocycles. The molecular weight excluding hydrogens is 272 g/mol. The van der Waals surface area contributed by atoms with Crippen molar-refractivity contribution in [1.82, 2.24) is 10.2 Å². The molecule has 2 unspecified atom stereocenters. The third-order valence-electron chi connectivity index (χ3n) is 3.74. The van der Waals surface area contributed by atoms with Gasteiger partial charge in [0.2, 0.25) is 0 Å². The Morgan fingerprint density at radius 1 is 1.29 bits per heavy atom. The zero-order valence-corrected chi connectivity index (χ0v) is 14.3. The van der Waals surface area contributed by atoms with E-state index in [1.807, 2.05) is 27.7 Å². The zero-order chi connectivity index (χ0) is 16.4. The fourth-order valence-corrected chi connectivity index (χ4v) is 2.17. The molecule has 0 aromatic rings. The number of nitrogens with one attached hydrogen (secondary N) is 1. The summed E-state index contributed by atoms with van der Waals surface area (Å²) in [5, 5.41) is 13.4. The van der Waals surface area contributed by atoms with Crippen molar-refractivity contribution in [3.05, 3.63) is 0 Å². The maximum absolute atomic E-state index is 12.1. The van der Waals surface area contributed by atoms with Gasteiger partial charge in [0.1, 0.15) is 5.60 Å². The van der Waals surface area contributed by atoms with Gasteiger partial charge < -0.3 is 24.8 Å². The van der Waals surface area contributed by atoms with Gasteiger partial charge in [-0.05, 0) is 41.5 Å². The number of hydrogen-bond acceptors (Lipinski definition) is 5. The lowest BCUT2D eigenvalue weighted by Crippen LogP contribution is -2.53. The standard InChI is InChI=1S/C15H30N2O4/c1-10(15(5,6)19)16-11-8-17(9-12(11)20-7)13(18)21-14(2,3)4/h10-12,16,19H,8-9H2,1-7H3/t10?,11?,12-/m0/s1. The molecule has 1 heterocycles. The molecule has 0 spiro atoms. The first-order chi connectivity index (χ1) is 9.44. The van der Waals surface area contributed by atoms with Crippen LogP contribution in [0.4, 0.5) is 4.79 Å². The van der Waals surface area contributed by atoms with E-state index in [1.54, 1.807) is 25.9 Å². The van der Waals surface area contributed by atoms with Crippen LogP contribution in [-0.4, -0.2) is 65.7 Å². The topological polar surface area (TPSA) is 71.0 Å². The van der Waals surface area contributed by atoms with Gasteiger partial charge in [0.05, 0.1) is 24.3 Å². The molecule has 1 amide bonds. The smallest absolute Gasteiger partial charge is 0.410 e. The first kappa shape index (κ1) is 18.2. The minimum atomic E-state index is -0.836. The van der Waals surface area contributed by atoms with E-state index in [-0.39, 0.29) is 24.3 Å². The van der Waals surface area contributed by atoms with Crippen LogP contribution in [0.25, 0.3) is 0 Å². The Morgan fingerprint density at radius 2 is 1.86 bits per heavy atom. The minimum absolute atomic E-state index is 0.0241. The molecule has 1 saturated heterocycles. The third kappa shape index (κ3) is 5.45. The molecule has 6 nitrogen and oxygen atoms in total. The Hall–Kier alpha value is -0.850. The normalized spacial score (nSPS) is 25.0. The Morgan fingerprint density at radius 3 is 2.29 bits per heavy atom. The molecule has 1 aliphatic heterocycles. The number of aliphatic hydroxyl groups is 1. The Bertz CT molecular complexity index is 360. The second-order valence-corrected chi connectivity index (χ2v) is 7.31. The van der Waals surface area contributed by atoms with Crippen molar-refractivity contribution in [2.75, 3.05) is 20.2 Å². The van der Waals surface area contributed by atoms with Crippen molar-refractivity contribution in [3.8, 4) is 0 Å². The van der Waals surface area contributed by atoms with Gasteiger partial charge in [-0.25, -0.2) is 4.79 Å². The fraction of sp³-hybridized carbons (Fsp3) is 0.933.